The first-order valence-electron chi connectivity index (χ1n) is 13.3. The van der Waals surface area contributed by atoms with Crippen molar-refractivity contribution in [1.82, 2.24) is 0 Å². The summed E-state index contributed by atoms with van der Waals surface area (Å²) in [6.45, 7) is 4.01. The van der Waals surface area contributed by atoms with E-state index in [0.717, 1.165) is 82.3 Å². The molecular formula is C28H38O5. The molecule has 180 valence electrons. The highest BCUT2D eigenvalue weighted by Gasteiger charge is 2.56. The molecule has 0 radical (unpaired) electrons. The van der Waals surface area contributed by atoms with Crippen LogP contribution in [0.4, 0.5) is 0 Å². The van der Waals surface area contributed by atoms with Crippen LogP contribution < -0.4 is 4.74 Å². The second-order valence-corrected chi connectivity index (χ2v) is 11.2. The topological polar surface area (TPSA) is 54.0 Å². The summed E-state index contributed by atoms with van der Waals surface area (Å²) in [5.41, 5.74) is 2.28. The van der Waals surface area contributed by atoms with Gasteiger partial charge in [-0.3, -0.25) is 4.79 Å². The molecule has 6 rings (SSSR count). The molecule has 1 aromatic rings. The summed E-state index contributed by atoms with van der Waals surface area (Å²) >= 11 is 0. The summed E-state index contributed by atoms with van der Waals surface area (Å²) in [6, 6.07) is 6.21. The second-order valence-electron chi connectivity index (χ2n) is 11.2. The van der Waals surface area contributed by atoms with Crippen LogP contribution in [-0.4, -0.2) is 37.7 Å². The maximum atomic E-state index is 13.3. The summed E-state index contributed by atoms with van der Waals surface area (Å²) < 4.78 is 24.3. The Bertz CT molecular complexity index is 871. The van der Waals surface area contributed by atoms with Crippen LogP contribution in [0.2, 0.25) is 0 Å². The summed E-state index contributed by atoms with van der Waals surface area (Å²) in [5.74, 6) is 2.51. The van der Waals surface area contributed by atoms with Gasteiger partial charge in [-0.15, -0.1) is 0 Å². The standard InChI is InChI=1S/C28H38O5/c1-28-13-12-20-19-9-8-18(32-26-6-2-4-14-30-26)16-22(19)24(29)17-21(20)23(28)10-11-25(28)33-27-7-3-5-15-31-27/h8-9,16,20-21,23,25-27H,2-7,10-15,17H2,1H3/t20?,21?,23?,25?,26?,27?,28-/m0/s1. The largest absolute Gasteiger partial charge is 0.465 e. The van der Waals surface area contributed by atoms with Crippen LogP contribution in [0.3, 0.4) is 0 Å². The number of carbonyl (C=O) groups excluding carboxylic acids is 1. The van der Waals surface area contributed by atoms with E-state index >= 15 is 0 Å². The number of benzene rings is 1. The van der Waals surface area contributed by atoms with E-state index < -0.39 is 0 Å². The van der Waals surface area contributed by atoms with Crippen LogP contribution in [0.1, 0.15) is 99.4 Å². The summed E-state index contributed by atoms with van der Waals surface area (Å²) in [4.78, 5) is 13.3. The molecule has 3 aliphatic carbocycles. The number of hydrogen-bond acceptors (Lipinski definition) is 5. The van der Waals surface area contributed by atoms with Crippen molar-refractivity contribution in [2.24, 2.45) is 17.3 Å². The average Bonchev–Trinajstić information content (AvgIpc) is 3.17. The van der Waals surface area contributed by atoms with Crippen molar-refractivity contribution in [3.8, 4) is 5.75 Å². The van der Waals surface area contributed by atoms with Gasteiger partial charge in [0.2, 0.25) is 0 Å². The fourth-order valence-electron chi connectivity index (χ4n) is 7.59. The number of hydrogen-bond donors (Lipinski definition) is 0. The van der Waals surface area contributed by atoms with E-state index in [1.165, 1.54) is 12.0 Å². The van der Waals surface area contributed by atoms with Gasteiger partial charge in [0.15, 0.2) is 18.4 Å². The molecule has 7 atom stereocenters. The zero-order chi connectivity index (χ0) is 22.4. The molecule has 0 spiro atoms. The van der Waals surface area contributed by atoms with Crippen molar-refractivity contribution < 1.29 is 23.7 Å². The lowest BCUT2D eigenvalue weighted by molar-refractivity contribution is -0.212. The number of ketones is 1. The monoisotopic (exact) mass is 454 g/mol. The Morgan fingerprint density at radius 1 is 0.939 bits per heavy atom. The molecule has 0 amide bonds. The van der Waals surface area contributed by atoms with Crippen molar-refractivity contribution >= 4 is 5.78 Å². The van der Waals surface area contributed by atoms with E-state index in [-0.39, 0.29) is 29.9 Å². The molecule has 5 nitrogen and oxygen atoms in total. The summed E-state index contributed by atoms with van der Waals surface area (Å²) in [6.07, 6.45) is 11.8. The fourth-order valence-corrected chi connectivity index (χ4v) is 7.59. The van der Waals surface area contributed by atoms with Gasteiger partial charge in [0, 0.05) is 25.0 Å². The van der Waals surface area contributed by atoms with Crippen LogP contribution in [-0.2, 0) is 14.2 Å². The maximum absolute atomic E-state index is 13.3. The smallest absolute Gasteiger partial charge is 0.199 e. The Morgan fingerprint density at radius 2 is 1.73 bits per heavy atom. The van der Waals surface area contributed by atoms with Gasteiger partial charge < -0.3 is 18.9 Å². The third-order valence-corrected chi connectivity index (χ3v) is 9.36. The number of carbonyl (C=O) groups is 1. The third kappa shape index (κ3) is 4.04. The van der Waals surface area contributed by atoms with Gasteiger partial charge >= 0.3 is 0 Å². The maximum Gasteiger partial charge on any atom is 0.199 e. The van der Waals surface area contributed by atoms with Gasteiger partial charge in [0.25, 0.3) is 0 Å². The van der Waals surface area contributed by atoms with Crippen molar-refractivity contribution in [2.75, 3.05) is 13.2 Å². The van der Waals surface area contributed by atoms with Crippen LogP contribution in [0.5, 0.6) is 5.75 Å². The highest BCUT2D eigenvalue weighted by atomic mass is 16.7. The first-order valence-corrected chi connectivity index (χ1v) is 13.3. The van der Waals surface area contributed by atoms with E-state index in [2.05, 4.69) is 19.1 Å². The Morgan fingerprint density at radius 3 is 2.48 bits per heavy atom. The van der Waals surface area contributed by atoms with Crippen molar-refractivity contribution in [3.63, 3.8) is 0 Å². The molecule has 2 saturated heterocycles. The molecule has 1 aromatic carbocycles. The number of rotatable bonds is 4. The molecule has 2 saturated carbocycles. The first kappa shape index (κ1) is 22.1. The summed E-state index contributed by atoms with van der Waals surface area (Å²) in [7, 11) is 0. The van der Waals surface area contributed by atoms with Crippen molar-refractivity contribution in [3.05, 3.63) is 29.3 Å². The molecule has 5 heteroatoms. The highest BCUT2D eigenvalue weighted by molar-refractivity contribution is 5.99. The van der Waals surface area contributed by atoms with Gasteiger partial charge in [0.1, 0.15) is 5.75 Å². The third-order valence-electron chi connectivity index (χ3n) is 9.36. The molecule has 0 bridgehead atoms. The van der Waals surface area contributed by atoms with Crippen LogP contribution >= 0.6 is 0 Å². The minimum Gasteiger partial charge on any atom is -0.465 e. The van der Waals surface area contributed by atoms with E-state index in [1.807, 2.05) is 6.07 Å². The van der Waals surface area contributed by atoms with E-state index in [0.29, 0.717) is 24.2 Å². The Labute approximate surface area is 197 Å². The van der Waals surface area contributed by atoms with Gasteiger partial charge in [-0.1, -0.05) is 13.0 Å². The van der Waals surface area contributed by atoms with E-state index in [1.54, 1.807) is 0 Å². The Hall–Kier alpha value is -1.43. The van der Waals surface area contributed by atoms with Gasteiger partial charge in [0.05, 0.1) is 12.7 Å². The van der Waals surface area contributed by atoms with Gasteiger partial charge in [-0.2, -0.15) is 0 Å². The lowest BCUT2D eigenvalue weighted by Crippen LogP contribution is -2.46. The predicted octanol–water partition coefficient (Wildman–Crippen LogP) is 6.00. The average molecular weight is 455 g/mol. The lowest BCUT2D eigenvalue weighted by Gasteiger charge is -2.50. The lowest BCUT2D eigenvalue weighted by atomic mass is 9.55. The fraction of sp³-hybridized carbons (Fsp3) is 0.750. The molecule has 4 fully saturated rings. The molecule has 0 N–H and O–H groups in total. The first-order chi connectivity index (χ1) is 16.1. The predicted molar refractivity (Wildman–Crippen MR) is 124 cm³/mol. The van der Waals surface area contributed by atoms with E-state index in [4.69, 9.17) is 18.9 Å². The number of fused-ring (bicyclic) bond motifs is 5. The molecule has 0 aromatic heterocycles. The molecule has 33 heavy (non-hydrogen) atoms. The highest BCUT2D eigenvalue weighted by Crippen LogP contribution is 2.61. The second kappa shape index (κ2) is 8.98. The normalized spacial score (nSPS) is 40.6. The zero-order valence-corrected chi connectivity index (χ0v) is 19.9. The van der Waals surface area contributed by atoms with Crippen LogP contribution in [0.25, 0.3) is 0 Å². The van der Waals surface area contributed by atoms with E-state index in [9.17, 15) is 4.79 Å². The Kier molecular flexibility index (Phi) is 6.00. The number of Topliss-reactive ketones (excluding diaryl/α,β-unsaturated/α-hetero) is 1. The van der Waals surface area contributed by atoms with Crippen molar-refractivity contribution in [2.45, 2.75) is 102 Å². The van der Waals surface area contributed by atoms with Crippen molar-refractivity contribution in [1.29, 1.82) is 0 Å². The molecule has 6 unspecified atom stereocenters. The van der Waals surface area contributed by atoms with Gasteiger partial charge in [-0.25, -0.2) is 0 Å². The molecule has 2 heterocycles. The minimum absolute atomic E-state index is 0.0303. The Balaban J connectivity index is 1.19. The van der Waals surface area contributed by atoms with Crippen LogP contribution in [0.15, 0.2) is 18.2 Å². The molecule has 5 aliphatic rings. The molecular weight excluding hydrogens is 416 g/mol. The molecule has 2 aliphatic heterocycles. The SMILES string of the molecule is C[C@]12CCC3c4ccc(OC5CCCCO5)cc4C(=O)CC3C1CCC2OC1CCCCO1. The number of ether oxygens (including phenoxy) is 4. The quantitative estimate of drug-likeness (QED) is 0.558. The minimum atomic E-state index is -0.179. The summed E-state index contributed by atoms with van der Waals surface area (Å²) in [5, 5.41) is 0. The zero-order valence-electron chi connectivity index (χ0n) is 19.9. The van der Waals surface area contributed by atoms with Crippen LogP contribution in [0, 0.1) is 17.3 Å². The van der Waals surface area contributed by atoms with Gasteiger partial charge in [-0.05, 0) is 98.7 Å².